The Morgan fingerprint density at radius 2 is 1.96 bits per heavy atom. The molecule has 1 unspecified atom stereocenters. The predicted octanol–water partition coefficient (Wildman–Crippen LogP) is 3.37. The van der Waals surface area contributed by atoms with Crippen molar-refractivity contribution in [3.8, 4) is 0 Å². The van der Waals surface area contributed by atoms with Crippen LogP contribution < -0.4 is 0 Å². The van der Waals surface area contributed by atoms with Gasteiger partial charge in [-0.25, -0.2) is 9.37 Å². The third-order valence-corrected chi connectivity index (χ3v) is 4.35. The van der Waals surface area contributed by atoms with Gasteiger partial charge in [-0.15, -0.1) is 0 Å². The molecule has 23 heavy (non-hydrogen) atoms. The molecule has 1 aliphatic heterocycles. The Balaban J connectivity index is 1.61. The van der Waals surface area contributed by atoms with Crippen molar-refractivity contribution < 1.29 is 9.18 Å². The van der Waals surface area contributed by atoms with E-state index in [4.69, 9.17) is 0 Å². The van der Waals surface area contributed by atoms with E-state index in [9.17, 15) is 9.18 Å². The smallest absolute Gasteiger partial charge is 0.255 e. The van der Waals surface area contributed by atoms with Gasteiger partial charge in [0.15, 0.2) is 0 Å². The van der Waals surface area contributed by atoms with E-state index in [1.807, 2.05) is 40.8 Å². The number of aromatic nitrogens is 2. The standard InChI is InChI=1S/C18H16FN3O/c1-12-10-21-11-14(4-7-17(21)20-12)18(23)22-9-8-16(22)13-2-5-15(19)6-3-13/h2-7,10-11,16H,8-9H2,1H3. The van der Waals surface area contributed by atoms with Gasteiger partial charge in [0, 0.05) is 18.9 Å². The molecule has 3 aromatic rings. The maximum atomic E-state index is 13.1. The molecule has 0 spiro atoms. The number of carbonyl (C=O) groups is 1. The molecule has 1 amide bonds. The van der Waals surface area contributed by atoms with E-state index in [0.29, 0.717) is 5.56 Å². The Morgan fingerprint density at radius 3 is 2.65 bits per heavy atom. The van der Waals surface area contributed by atoms with Gasteiger partial charge in [0.25, 0.3) is 5.91 Å². The highest BCUT2D eigenvalue weighted by Crippen LogP contribution is 2.34. The van der Waals surface area contributed by atoms with Gasteiger partial charge in [-0.3, -0.25) is 4.79 Å². The number of nitrogens with zero attached hydrogens (tertiary/aromatic N) is 3. The number of benzene rings is 1. The molecule has 0 aliphatic carbocycles. The highest BCUT2D eigenvalue weighted by molar-refractivity contribution is 5.95. The van der Waals surface area contributed by atoms with Crippen molar-refractivity contribution in [3.05, 3.63) is 71.4 Å². The molecule has 0 bridgehead atoms. The van der Waals surface area contributed by atoms with Crippen molar-refractivity contribution in [1.82, 2.24) is 14.3 Å². The van der Waals surface area contributed by atoms with Crippen molar-refractivity contribution >= 4 is 11.6 Å². The molecule has 0 radical (unpaired) electrons. The van der Waals surface area contributed by atoms with E-state index in [1.54, 1.807) is 12.1 Å². The number of carbonyl (C=O) groups excluding carboxylic acids is 1. The molecule has 1 fully saturated rings. The highest BCUT2D eigenvalue weighted by Gasteiger charge is 2.33. The van der Waals surface area contributed by atoms with Crippen LogP contribution in [0.5, 0.6) is 0 Å². The number of fused-ring (bicyclic) bond motifs is 1. The molecule has 4 rings (SSSR count). The molecule has 1 aliphatic rings. The number of likely N-dealkylation sites (tertiary alicyclic amines) is 1. The molecule has 5 heteroatoms. The molecule has 0 N–H and O–H groups in total. The molecular weight excluding hydrogens is 293 g/mol. The van der Waals surface area contributed by atoms with E-state index in [1.165, 1.54) is 12.1 Å². The van der Waals surface area contributed by atoms with Gasteiger partial charge in [0.1, 0.15) is 11.5 Å². The summed E-state index contributed by atoms with van der Waals surface area (Å²) >= 11 is 0. The lowest BCUT2D eigenvalue weighted by atomic mass is 9.94. The van der Waals surface area contributed by atoms with Gasteiger partial charge >= 0.3 is 0 Å². The largest absolute Gasteiger partial charge is 0.331 e. The Hall–Kier alpha value is -2.69. The quantitative estimate of drug-likeness (QED) is 0.728. The summed E-state index contributed by atoms with van der Waals surface area (Å²) in [7, 11) is 0. The zero-order valence-electron chi connectivity index (χ0n) is 12.7. The second kappa shape index (κ2) is 5.19. The first-order chi connectivity index (χ1) is 11.1. The van der Waals surface area contributed by atoms with Crippen molar-refractivity contribution in [2.24, 2.45) is 0 Å². The minimum Gasteiger partial charge on any atom is -0.331 e. The lowest BCUT2D eigenvalue weighted by Crippen LogP contribution is -2.45. The van der Waals surface area contributed by atoms with Crippen molar-refractivity contribution in [1.29, 1.82) is 0 Å². The zero-order valence-corrected chi connectivity index (χ0v) is 12.7. The summed E-state index contributed by atoms with van der Waals surface area (Å²) < 4.78 is 14.9. The Bertz CT molecular complexity index is 885. The van der Waals surface area contributed by atoms with Crippen LogP contribution in [0.15, 0.2) is 48.8 Å². The fraction of sp³-hybridized carbons (Fsp3) is 0.222. The highest BCUT2D eigenvalue weighted by atomic mass is 19.1. The number of hydrogen-bond acceptors (Lipinski definition) is 2. The summed E-state index contributed by atoms with van der Waals surface area (Å²) in [5, 5.41) is 0. The molecule has 1 atom stereocenters. The number of amides is 1. The van der Waals surface area contributed by atoms with Crippen LogP contribution in [0, 0.1) is 12.7 Å². The average Bonchev–Trinajstić information content (AvgIpc) is 2.87. The topological polar surface area (TPSA) is 37.6 Å². The number of halogens is 1. The van der Waals surface area contributed by atoms with Crippen LogP contribution in [0.4, 0.5) is 4.39 Å². The molecule has 116 valence electrons. The fourth-order valence-corrected chi connectivity index (χ4v) is 3.07. The van der Waals surface area contributed by atoms with Gasteiger partial charge < -0.3 is 9.30 Å². The van der Waals surface area contributed by atoms with Gasteiger partial charge in [-0.2, -0.15) is 0 Å². The van der Waals surface area contributed by atoms with Crippen LogP contribution >= 0.6 is 0 Å². The number of rotatable bonds is 2. The fourth-order valence-electron chi connectivity index (χ4n) is 3.07. The second-order valence-corrected chi connectivity index (χ2v) is 5.92. The third kappa shape index (κ3) is 2.38. The summed E-state index contributed by atoms with van der Waals surface area (Å²) in [5.41, 5.74) is 3.37. The maximum Gasteiger partial charge on any atom is 0.255 e. The molecule has 1 saturated heterocycles. The zero-order chi connectivity index (χ0) is 16.0. The Morgan fingerprint density at radius 1 is 1.17 bits per heavy atom. The van der Waals surface area contributed by atoms with E-state index in [-0.39, 0.29) is 17.8 Å². The monoisotopic (exact) mass is 309 g/mol. The molecule has 2 aromatic heterocycles. The van der Waals surface area contributed by atoms with Crippen LogP contribution in [0.25, 0.3) is 5.65 Å². The first kappa shape index (κ1) is 13.9. The number of aryl methyl sites for hydroxylation is 1. The van der Waals surface area contributed by atoms with Crippen LogP contribution in [-0.4, -0.2) is 26.7 Å². The summed E-state index contributed by atoms with van der Waals surface area (Å²) in [6.45, 7) is 2.65. The van der Waals surface area contributed by atoms with Crippen molar-refractivity contribution in [3.63, 3.8) is 0 Å². The SMILES string of the molecule is Cc1cn2cc(C(=O)N3CCC3c3ccc(F)cc3)ccc2n1. The lowest BCUT2D eigenvalue weighted by molar-refractivity contribution is 0.0460. The minimum absolute atomic E-state index is 0.00109. The van der Waals surface area contributed by atoms with Crippen molar-refractivity contribution in [2.75, 3.05) is 6.54 Å². The summed E-state index contributed by atoms with van der Waals surface area (Å²) in [6.07, 6.45) is 4.63. The molecule has 1 aromatic carbocycles. The first-order valence-electron chi connectivity index (χ1n) is 7.63. The summed E-state index contributed by atoms with van der Waals surface area (Å²) in [6, 6.07) is 10.1. The van der Waals surface area contributed by atoms with Crippen LogP contribution in [0.1, 0.15) is 34.1 Å². The average molecular weight is 309 g/mol. The number of imidazole rings is 1. The number of hydrogen-bond donors (Lipinski definition) is 0. The van der Waals surface area contributed by atoms with Crippen LogP contribution in [-0.2, 0) is 0 Å². The predicted molar refractivity (Wildman–Crippen MR) is 84.7 cm³/mol. The van der Waals surface area contributed by atoms with Crippen molar-refractivity contribution in [2.45, 2.75) is 19.4 Å². The molecular formula is C18H16FN3O. The molecule has 3 heterocycles. The lowest BCUT2D eigenvalue weighted by Gasteiger charge is -2.41. The van der Waals surface area contributed by atoms with Crippen LogP contribution in [0.3, 0.4) is 0 Å². The molecule has 4 nitrogen and oxygen atoms in total. The van der Waals surface area contributed by atoms with E-state index in [0.717, 1.165) is 29.9 Å². The molecule has 0 saturated carbocycles. The van der Waals surface area contributed by atoms with Gasteiger partial charge in [-0.1, -0.05) is 12.1 Å². The van der Waals surface area contributed by atoms with Gasteiger partial charge in [0.05, 0.1) is 17.3 Å². The van der Waals surface area contributed by atoms with E-state index in [2.05, 4.69) is 4.98 Å². The van der Waals surface area contributed by atoms with E-state index < -0.39 is 0 Å². The van der Waals surface area contributed by atoms with E-state index >= 15 is 0 Å². The second-order valence-electron chi connectivity index (χ2n) is 5.92. The minimum atomic E-state index is -0.258. The Labute approximate surface area is 133 Å². The van der Waals surface area contributed by atoms with Gasteiger partial charge in [-0.05, 0) is 43.2 Å². The summed E-state index contributed by atoms with van der Waals surface area (Å²) in [4.78, 5) is 18.9. The summed E-state index contributed by atoms with van der Waals surface area (Å²) in [5.74, 6) is -0.259. The third-order valence-electron chi connectivity index (χ3n) is 4.35. The first-order valence-corrected chi connectivity index (χ1v) is 7.63. The van der Waals surface area contributed by atoms with Crippen LogP contribution in [0.2, 0.25) is 0 Å². The maximum absolute atomic E-state index is 13.1. The van der Waals surface area contributed by atoms with Gasteiger partial charge in [0.2, 0.25) is 0 Å². The number of pyridine rings is 1. The Kier molecular flexibility index (Phi) is 3.15. The normalized spacial score (nSPS) is 17.3.